The van der Waals surface area contributed by atoms with Crippen LogP contribution in [0.5, 0.6) is 0 Å². The molecule has 0 spiro atoms. The molecule has 0 aliphatic heterocycles. The average molecular weight is 278 g/mol. The third-order valence-electron chi connectivity index (χ3n) is 1.98. The second-order valence-electron chi connectivity index (χ2n) is 3.20. The van der Waals surface area contributed by atoms with E-state index < -0.39 is 43.4 Å². The van der Waals surface area contributed by atoms with Gasteiger partial charge in [-0.05, 0) is 12.8 Å². The molecular weight excluding hydrogens is 271 g/mol. The Kier molecular flexibility index (Phi) is 4.36. The van der Waals surface area contributed by atoms with E-state index in [-0.39, 0.29) is 0 Å². The summed E-state index contributed by atoms with van der Waals surface area (Å²) in [6.45, 7) is -1.14. The van der Waals surface area contributed by atoms with Crippen molar-refractivity contribution in [2.24, 2.45) is 0 Å². The van der Waals surface area contributed by atoms with Gasteiger partial charge >= 0.3 is 18.3 Å². The SMILES string of the molecule is OCCC[C@@](F)(C(F)(F)F)C(F)(F)C(F)(F)F. The summed E-state index contributed by atoms with van der Waals surface area (Å²) in [7, 11) is 0. The van der Waals surface area contributed by atoms with Gasteiger partial charge in [-0.1, -0.05) is 0 Å². The molecule has 0 radical (unpaired) electrons. The van der Waals surface area contributed by atoms with Crippen molar-refractivity contribution in [3.63, 3.8) is 0 Å². The van der Waals surface area contributed by atoms with Crippen LogP contribution >= 0.6 is 0 Å². The molecule has 17 heavy (non-hydrogen) atoms. The van der Waals surface area contributed by atoms with Crippen LogP contribution in [0, 0.1) is 0 Å². The van der Waals surface area contributed by atoms with E-state index in [0.29, 0.717) is 0 Å². The molecule has 0 aromatic carbocycles. The Labute approximate surface area is 89.2 Å². The first-order valence-electron chi connectivity index (χ1n) is 4.12. The van der Waals surface area contributed by atoms with E-state index in [4.69, 9.17) is 5.11 Å². The maximum absolute atomic E-state index is 13.1. The summed E-state index contributed by atoms with van der Waals surface area (Å²) >= 11 is 0. The fraction of sp³-hybridized carbons (Fsp3) is 1.00. The minimum absolute atomic E-state index is 1.14. The van der Waals surface area contributed by atoms with Gasteiger partial charge in [-0.15, -0.1) is 0 Å². The van der Waals surface area contributed by atoms with Crippen molar-refractivity contribution < 1.29 is 44.6 Å². The highest BCUT2D eigenvalue weighted by Gasteiger charge is 2.80. The van der Waals surface area contributed by atoms with E-state index in [0.717, 1.165) is 0 Å². The summed E-state index contributed by atoms with van der Waals surface area (Å²) < 4.78 is 109. The van der Waals surface area contributed by atoms with Gasteiger partial charge < -0.3 is 5.11 Å². The minimum atomic E-state index is -6.67. The molecule has 1 atom stereocenters. The number of halogens is 9. The van der Waals surface area contributed by atoms with Gasteiger partial charge in [0.15, 0.2) is 0 Å². The van der Waals surface area contributed by atoms with Gasteiger partial charge in [0.2, 0.25) is 0 Å². The molecule has 0 fully saturated rings. The smallest absolute Gasteiger partial charge is 0.396 e. The Morgan fingerprint density at radius 1 is 0.706 bits per heavy atom. The van der Waals surface area contributed by atoms with Crippen molar-refractivity contribution in [1.82, 2.24) is 0 Å². The van der Waals surface area contributed by atoms with Crippen LogP contribution in [0.4, 0.5) is 39.5 Å². The van der Waals surface area contributed by atoms with Crippen LogP contribution in [-0.4, -0.2) is 35.7 Å². The van der Waals surface area contributed by atoms with Gasteiger partial charge in [-0.2, -0.15) is 35.1 Å². The highest BCUT2D eigenvalue weighted by atomic mass is 19.4. The number of alkyl halides is 9. The molecule has 104 valence electrons. The van der Waals surface area contributed by atoms with Gasteiger partial charge in [0.1, 0.15) is 0 Å². The summed E-state index contributed by atoms with van der Waals surface area (Å²) in [6.07, 6.45) is -16.4. The fourth-order valence-electron chi connectivity index (χ4n) is 1.02. The molecule has 0 unspecified atom stereocenters. The maximum Gasteiger partial charge on any atom is 0.457 e. The number of hydrogen-bond donors (Lipinski definition) is 1. The molecule has 1 nitrogen and oxygen atoms in total. The van der Waals surface area contributed by atoms with Gasteiger partial charge in [0.25, 0.3) is 5.67 Å². The Morgan fingerprint density at radius 3 is 1.35 bits per heavy atom. The highest BCUT2D eigenvalue weighted by molar-refractivity contribution is 5.03. The average Bonchev–Trinajstić information content (AvgIpc) is 2.10. The summed E-state index contributed by atoms with van der Waals surface area (Å²) in [4.78, 5) is 0. The predicted molar refractivity (Wildman–Crippen MR) is 37.2 cm³/mol. The van der Waals surface area contributed by atoms with Crippen LogP contribution in [0.25, 0.3) is 0 Å². The molecule has 0 amide bonds. The molecule has 0 bridgehead atoms. The second kappa shape index (κ2) is 4.54. The van der Waals surface area contributed by atoms with Crippen LogP contribution in [0.15, 0.2) is 0 Å². The van der Waals surface area contributed by atoms with Gasteiger partial charge in [0, 0.05) is 6.61 Å². The van der Waals surface area contributed by atoms with E-state index >= 15 is 0 Å². The number of aliphatic hydroxyl groups is 1. The monoisotopic (exact) mass is 278 g/mol. The third-order valence-corrected chi connectivity index (χ3v) is 1.98. The van der Waals surface area contributed by atoms with Crippen molar-refractivity contribution in [3.8, 4) is 0 Å². The first-order chi connectivity index (χ1) is 7.31. The fourth-order valence-corrected chi connectivity index (χ4v) is 1.02. The summed E-state index contributed by atoms with van der Waals surface area (Å²) in [5, 5.41) is 8.10. The minimum Gasteiger partial charge on any atom is -0.396 e. The Balaban J connectivity index is 5.48. The third kappa shape index (κ3) is 2.78. The zero-order valence-electron chi connectivity index (χ0n) is 7.97. The molecule has 0 aliphatic rings. The van der Waals surface area contributed by atoms with Crippen LogP contribution in [-0.2, 0) is 0 Å². The van der Waals surface area contributed by atoms with Crippen LogP contribution in [0.1, 0.15) is 12.8 Å². The van der Waals surface area contributed by atoms with E-state index in [2.05, 4.69) is 0 Å². The molecule has 10 heteroatoms. The van der Waals surface area contributed by atoms with Crippen LogP contribution in [0.3, 0.4) is 0 Å². The van der Waals surface area contributed by atoms with Crippen molar-refractivity contribution in [1.29, 1.82) is 0 Å². The standard InChI is InChI=1S/C7H7F9O/c8-4(2-1-3-17,6(11,12)13)5(9,10)7(14,15)16/h17H,1-3H2/t4-/m0/s1. The number of rotatable bonds is 4. The molecule has 0 saturated heterocycles. The van der Waals surface area contributed by atoms with Gasteiger partial charge in [-0.25, -0.2) is 4.39 Å². The molecule has 0 heterocycles. The topological polar surface area (TPSA) is 20.2 Å². The van der Waals surface area contributed by atoms with Crippen LogP contribution < -0.4 is 0 Å². The van der Waals surface area contributed by atoms with Gasteiger partial charge in [-0.3, -0.25) is 0 Å². The van der Waals surface area contributed by atoms with Crippen molar-refractivity contribution in [2.45, 2.75) is 36.8 Å². The zero-order chi connectivity index (χ0) is 14.1. The van der Waals surface area contributed by atoms with E-state index in [1.165, 1.54) is 0 Å². The van der Waals surface area contributed by atoms with Crippen molar-refractivity contribution in [3.05, 3.63) is 0 Å². The zero-order valence-corrected chi connectivity index (χ0v) is 7.97. The van der Waals surface area contributed by atoms with E-state index in [1.54, 1.807) is 0 Å². The lowest BCUT2D eigenvalue weighted by Crippen LogP contribution is -2.62. The first-order valence-corrected chi connectivity index (χ1v) is 4.12. The lowest BCUT2D eigenvalue weighted by atomic mass is 9.91. The Morgan fingerprint density at radius 2 is 1.12 bits per heavy atom. The molecule has 0 rings (SSSR count). The molecule has 0 aromatic heterocycles. The van der Waals surface area contributed by atoms with Crippen molar-refractivity contribution in [2.75, 3.05) is 6.61 Å². The lowest BCUT2D eigenvalue weighted by Gasteiger charge is -2.35. The van der Waals surface area contributed by atoms with Gasteiger partial charge in [0.05, 0.1) is 0 Å². The number of hydrogen-bond acceptors (Lipinski definition) is 1. The first kappa shape index (κ1) is 16.3. The summed E-state index contributed by atoms with van der Waals surface area (Å²) in [5.41, 5.74) is -5.75. The Hall–Kier alpha value is -0.670. The van der Waals surface area contributed by atoms with Crippen molar-refractivity contribution >= 4 is 0 Å². The molecular formula is C7H7F9O. The molecule has 0 saturated carbocycles. The quantitative estimate of drug-likeness (QED) is 0.783. The van der Waals surface area contributed by atoms with Crippen LogP contribution in [0.2, 0.25) is 0 Å². The molecule has 0 aliphatic carbocycles. The molecule has 0 aromatic rings. The highest BCUT2D eigenvalue weighted by Crippen LogP contribution is 2.54. The van der Waals surface area contributed by atoms with E-state index in [9.17, 15) is 39.5 Å². The van der Waals surface area contributed by atoms with E-state index in [1.807, 2.05) is 0 Å². The lowest BCUT2D eigenvalue weighted by molar-refractivity contribution is -0.384. The number of aliphatic hydroxyl groups excluding tert-OH is 1. The largest absolute Gasteiger partial charge is 0.457 e. The predicted octanol–water partition coefficient (Wildman–Crippen LogP) is 3.23. The maximum atomic E-state index is 13.1. The second-order valence-corrected chi connectivity index (χ2v) is 3.20. The normalized spacial score (nSPS) is 18.0. The molecule has 1 N–H and O–H groups in total. The summed E-state index contributed by atoms with van der Waals surface area (Å²) in [5.74, 6) is -6.58. The Bertz CT molecular complexity index is 255. The summed E-state index contributed by atoms with van der Waals surface area (Å²) in [6, 6.07) is 0.